The number of primary amides is 1. The van der Waals surface area contributed by atoms with Crippen molar-refractivity contribution >= 4 is 40.5 Å². The van der Waals surface area contributed by atoms with E-state index in [0.717, 1.165) is 10.9 Å². The molecule has 9 N–H and O–H groups in total. The summed E-state index contributed by atoms with van der Waals surface area (Å²) in [5, 5.41) is 17.3. The standard InChI is InChI=1S/C22H30N6O6/c1-11(23)19(30)27-16(7-8-18(24)29)20(31)28-17(21(32)26-12(2)22(33)34)9-13-10-25-15-6-4-3-5-14(13)15/h3-6,10-12,16-17,25H,7-9,23H2,1-2H3,(H2,24,29)(H,26,32)(H,27,30)(H,28,31)(H,33,34). The first kappa shape index (κ1) is 26.3. The summed E-state index contributed by atoms with van der Waals surface area (Å²) >= 11 is 0. The molecule has 1 aromatic heterocycles. The second kappa shape index (κ2) is 11.8. The number of carbonyl (C=O) groups excluding carboxylic acids is 4. The Morgan fingerprint density at radius 1 is 0.971 bits per heavy atom. The lowest BCUT2D eigenvalue weighted by Crippen LogP contribution is -2.57. The predicted octanol–water partition coefficient (Wildman–Crippen LogP) is -1.12. The number of aliphatic carboxylic acids is 1. The molecule has 12 nitrogen and oxygen atoms in total. The minimum atomic E-state index is -1.24. The summed E-state index contributed by atoms with van der Waals surface area (Å²) in [5.74, 6) is -3.99. The Morgan fingerprint density at radius 3 is 2.21 bits per heavy atom. The number of rotatable bonds is 12. The first-order valence-electron chi connectivity index (χ1n) is 10.7. The van der Waals surface area contributed by atoms with E-state index < -0.39 is 53.8 Å². The fourth-order valence-electron chi connectivity index (χ4n) is 3.24. The molecule has 0 aliphatic heterocycles. The van der Waals surface area contributed by atoms with Crippen LogP contribution in [0.25, 0.3) is 10.9 Å². The average molecular weight is 475 g/mol. The van der Waals surface area contributed by atoms with E-state index in [2.05, 4.69) is 20.9 Å². The van der Waals surface area contributed by atoms with Crippen LogP contribution in [0.1, 0.15) is 32.3 Å². The molecule has 1 aromatic carbocycles. The quantitative estimate of drug-likeness (QED) is 0.201. The topological polar surface area (TPSA) is 209 Å². The van der Waals surface area contributed by atoms with Crippen molar-refractivity contribution in [2.45, 2.75) is 57.3 Å². The van der Waals surface area contributed by atoms with Crippen molar-refractivity contribution in [3.63, 3.8) is 0 Å². The van der Waals surface area contributed by atoms with Gasteiger partial charge in [0, 0.05) is 29.9 Å². The molecule has 0 aliphatic rings. The molecule has 12 heteroatoms. The van der Waals surface area contributed by atoms with Gasteiger partial charge in [0.2, 0.25) is 23.6 Å². The van der Waals surface area contributed by atoms with Gasteiger partial charge in [-0.05, 0) is 31.9 Å². The Kier molecular flexibility index (Phi) is 9.13. The van der Waals surface area contributed by atoms with Crippen LogP contribution in [0.2, 0.25) is 0 Å². The molecule has 0 aliphatic carbocycles. The van der Waals surface area contributed by atoms with Crippen LogP contribution in [0.3, 0.4) is 0 Å². The number of aromatic nitrogens is 1. The highest BCUT2D eigenvalue weighted by Gasteiger charge is 2.29. The Bertz CT molecular complexity index is 1070. The minimum absolute atomic E-state index is 0.0394. The second-order valence-corrected chi connectivity index (χ2v) is 8.05. The van der Waals surface area contributed by atoms with Crippen molar-refractivity contribution < 1.29 is 29.1 Å². The molecule has 184 valence electrons. The number of nitrogens with two attached hydrogens (primary N) is 2. The van der Waals surface area contributed by atoms with Crippen LogP contribution >= 0.6 is 0 Å². The number of carboxylic acids is 1. The average Bonchev–Trinajstić information content (AvgIpc) is 3.18. The number of aromatic amines is 1. The highest BCUT2D eigenvalue weighted by atomic mass is 16.4. The minimum Gasteiger partial charge on any atom is -0.480 e. The summed E-state index contributed by atoms with van der Waals surface area (Å²) < 4.78 is 0. The molecule has 0 saturated heterocycles. The lowest BCUT2D eigenvalue weighted by atomic mass is 10.0. The van der Waals surface area contributed by atoms with Crippen molar-refractivity contribution in [3.05, 3.63) is 36.0 Å². The Hall–Kier alpha value is -3.93. The Balaban J connectivity index is 2.28. The van der Waals surface area contributed by atoms with Crippen LogP contribution in [0.5, 0.6) is 0 Å². The molecule has 4 amide bonds. The van der Waals surface area contributed by atoms with Gasteiger partial charge in [-0.25, -0.2) is 0 Å². The van der Waals surface area contributed by atoms with Crippen LogP contribution in [0.15, 0.2) is 30.5 Å². The van der Waals surface area contributed by atoms with Gasteiger partial charge in [0.1, 0.15) is 18.1 Å². The Labute approximate surface area is 195 Å². The van der Waals surface area contributed by atoms with E-state index in [9.17, 15) is 24.0 Å². The highest BCUT2D eigenvalue weighted by Crippen LogP contribution is 2.19. The molecular weight excluding hydrogens is 444 g/mol. The zero-order chi connectivity index (χ0) is 25.4. The number of fused-ring (bicyclic) bond motifs is 1. The van der Waals surface area contributed by atoms with Crippen LogP contribution in [-0.4, -0.2) is 63.9 Å². The first-order valence-corrected chi connectivity index (χ1v) is 10.7. The third-order valence-electron chi connectivity index (χ3n) is 5.19. The van der Waals surface area contributed by atoms with Gasteiger partial charge in [-0.15, -0.1) is 0 Å². The molecule has 2 rings (SSSR count). The maximum Gasteiger partial charge on any atom is 0.325 e. The molecule has 4 unspecified atom stereocenters. The van der Waals surface area contributed by atoms with Gasteiger partial charge in [0.25, 0.3) is 0 Å². The number of hydrogen-bond donors (Lipinski definition) is 7. The van der Waals surface area contributed by atoms with Gasteiger partial charge in [0.15, 0.2) is 0 Å². The molecular formula is C22H30N6O6. The van der Waals surface area contributed by atoms with E-state index in [1.165, 1.54) is 13.8 Å². The van der Waals surface area contributed by atoms with E-state index in [-0.39, 0.29) is 19.3 Å². The molecule has 0 bridgehead atoms. The van der Waals surface area contributed by atoms with E-state index in [0.29, 0.717) is 5.56 Å². The van der Waals surface area contributed by atoms with Crippen LogP contribution in [-0.2, 0) is 30.4 Å². The number of para-hydroxylation sites is 1. The predicted molar refractivity (Wildman–Crippen MR) is 123 cm³/mol. The van der Waals surface area contributed by atoms with Crippen LogP contribution < -0.4 is 27.4 Å². The molecule has 34 heavy (non-hydrogen) atoms. The normalized spacial score (nSPS) is 14.4. The maximum absolute atomic E-state index is 13.0. The second-order valence-electron chi connectivity index (χ2n) is 8.05. The number of carboxylic acid groups (broad SMARTS) is 1. The van der Waals surface area contributed by atoms with Crippen molar-refractivity contribution in [3.8, 4) is 0 Å². The largest absolute Gasteiger partial charge is 0.480 e. The first-order chi connectivity index (χ1) is 16.0. The fourth-order valence-corrected chi connectivity index (χ4v) is 3.24. The number of H-pyrrole nitrogens is 1. The highest BCUT2D eigenvalue weighted by molar-refractivity contribution is 5.95. The number of carbonyl (C=O) groups is 5. The van der Waals surface area contributed by atoms with Crippen LogP contribution in [0.4, 0.5) is 0 Å². The summed E-state index contributed by atoms with van der Waals surface area (Å²) in [7, 11) is 0. The monoisotopic (exact) mass is 474 g/mol. The molecule has 4 atom stereocenters. The van der Waals surface area contributed by atoms with Gasteiger partial charge >= 0.3 is 5.97 Å². The van der Waals surface area contributed by atoms with Gasteiger partial charge in [-0.1, -0.05) is 18.2 Å². The third kappa shape index (κ3) is 7.30. The lowest BCUT2D eigenvalue weighted by Gasteiger charge is -2.24. The fraction of sp³-hybridized carbons (Fsp3) is 0.409. The lowest BCUT2D eigenvalue weighted by molar-refractivity contribution is -0.141. The van der Waals surface area contributed by atoms with E-state index in [4.69, 9.17) is 16.6 Å². The molecule has 0 radical (unpaired) electrons. The summed E-state index contributed by atoms with van der Waals surface area (Å²) in [6.45, 7) is 2.72. The van der Waals surface area contributed by atoms with E-state index >= 15 is 0 Å². The van der Waals surface area contributed by atoms with Crippen molar-refractivity contribution in [1.82, 2.24) is 20.9 Å². The number of hydrogen-bond acceptors (Lipinski definition) is 6. The van der Waals surface area contributed by atoms with E-state index in [1.54, 1.807) is 6.20 Å². The smallest absolute Gasteiger partial charge is 0.325 e. The zero-order valence-corrected chi connectivity index (χ0v) is 19.0. The van der Waals surface area contributed by atoms with Gasteiger partial charge in [-0.3, -0.25) is 24.0 Å². The molecule has 2 aromatic rings. The van der Waals surface area contributed by atoms with Gasteiger partial charge < -0.3 is 37.5 Å². The zero-order valence-electron chi connectivity index (χ0n) is 19.0. The molecule has 0 saturated carbocycles. The SMILES string of the molecule is CC(N)C(=O)NC(CCC(N)=O)C(=O)NC(Cc1c[nH]c2ccccc12)C(=O)NC(C)C(=O)O. The third-order valence-corrected chi connectivity index (χ3v) is 5.19. The summed E-state index contributed by atoms with van der Waals surface area (Å²) in [6, 6.07) is 2.90. The van der Waals surface area contributed by atoms with E-state index in [1.807, 2.05) is 24.3 Å². The van der Waals surface area contributed by atoms with Gasteiger partial charge in [0.05, 0.1) is 6.04 Å². The van der Waals surface area contributed by atoms with Crippen LogP contribution in [0, 0.1) is 0 Å². The Morgan fingerprint density at radius 2 is 1.59 bits per heavy atom. The molecule has 1 heterocycles. The summed E-state index contributed by atoms with van der Waals surface area (Å²) in [5.41, 5.74) is 12.3. The summed E-state index contributed by atoms with van der Waals surface area (Å²) in [4.78, 5) is 63.5. The maximum atomic E-state index is 13.0. The number of nitrogens with one attached hydrogen (secondary N) is 4. The number of benzene rings is 1. The molecule has 0 spiro atoms. The van der Waals surface area contributed by atoms with Crippen molar-refractivity contribution in [1.29, 1.82) is 0 Å². The van der Waals surface area contributed by atoms with Crippen molar-refractivity contribution in [2.75, 3.05) is 0 Å². The molecule has 0 fully saturated rings. The number of amides is 4. The van der Waals surface area contributed by atoms with Crippen molar-refractivity contribution in [2.24, 2.45) is 11.5 Å². The summed E-state index contributed by atoms with van der Waals surface area (Å²) in [6.07, 6.45) is 1.44. The van der Waals surface area contributed by atoms with Gasteiger partial charge in [-0.2, -0.15) is 0 Å².